The van der Waals surface area contributed by atoms with Crippen LogP contribution in [0.25, 0.3) is 11.5 Å². The first-order valence-electron chi connectivity index (χ1n) is 10.8. The van der Waals surface area contributed by atoms with Gasteiger partial charge in [0.15, 0.2) is 11.2 Å². The molecule has 0 aliphatic carbocycles. The van der Waals surface area contributed by atoms with Crippen molar-refractivity contribution in [1.29, 1.82) is 0 Å². The fraction of sp³-hybridized carbons (Fsp3) is 0.348. The number of nitrogens with two attached hydrogens (primary N) is 1. The third-order valence-electron chi connectivity index (χ3n) is 5.41. The Balaban J connectivity index is 1.76. The number of nitrogens with one attached hydrogen (secondary N) is 1. The van der Waals surface area contributed by atoms with Crippen LogP contribution in [0.4, 0.5) is 16.0 Å². The van der Waals surface area contributed by atoms with Crippen molar-refractivity contribution in [3.05, 3.63) is 47.3 Å². The molecule has 1 aliphatic heterocycles. The molecular formula is C23H25FN6O4. The summed E-state index contributed by atoms with van der Waals surface area (Å²) in [7, 11) is 0. The Morgan fingerprint density at radius 3 is 2.71 bits per heavy atom. The molecule has 178 valence electrons. The van der Waals surface area contributed by atoms with Crippen LogP contribution in [0.1, 0.15) is 38.8 Å². The molecule has 0 spiro atoms. The molecule has 34 heavy (non-hydrogen) atoms. The van der Waals surface area contributed by atoms with Crippen LogP contribution in [0.2, 0.25) is 0 Å². The van der Waals surface area contributed by atoms with Crippen molar-refractivity contribution in [1.82, 2.24) is 19.7 Å². The van der Waals surface area contributed by atoms with Gasteiger partial charge in [0, 0.05) is 11.6 Å². The maximum Gasteiger partial charge on any atom is 0.326 e. The lowest BCUT2D eigenvalue weighted by atomic mass is 9.84. The number of fused-ring (bicyclic) bond motifs is 1. The first-order valence-corrected chi connectivity index (χ1v) is 10.8. The van der Waals surface area contributed by atoms with E-state index in [2.05, 4.69) is 20.4 Å². The van der Waals surface area contributed by atoms with Crippen molar-refractivity contribution in [2.45, 2.75) is 45.8 Å². The van der Waals surface area contributed by atoms with E-state index < -0.39 is 17.3 Å². The number of hydrogen-bond acceptors (Lipinski definition) is 8. The number of hydrogen-bond donors (Lipinski definition) is 2. The van der Waals surface area contributed by atoms with Gasteiger partial charge in [-0.3, -0.25) is 9.59 Å². The molecule has 3 aromatic rings. The SMILES string of the molecule is CCOC(=O)C1(C)C(=O)Nc2nc(-c3cc(OC(C)C)n(Cc4ccccc4F)n3)nc(N)c21. The number of carbonyl (C=O) groups excluding carboxylic acids is 2. The maximum atomic E-state index is 14.2. The summed E-state index contributed by atoms with van der Waals surface area (Å²) in [6, 6.07) is 7.99. The highest BCUT2D eigenvalue weighted by molar-refractivity contribution is 6.19. The fourth-order valence-electron chi connectivity index (χ4n) is 3.74. The van der Waals surface area contributed by atoms with Gasteiger partial charge in [-0.25, -0.2) is 19.0 Å². The first kappa shape index (κ1) is 23.1. The number of amides is 1. The van der Waals surface area contributed by atoms with E-state index >= 15 is 0 Å². The van der Waals surface area contributed by atoms with Gasteiger partial charge in [0.2, 0.25) is 11.8 Å². The highest BCUT2D eigenvalue weighted by Gasteiger charge is 2.53. The second kappa shape index (κ2) is 8.73. The fourth-order valence-corrected chi connectivity index (χ4v) is 3.74. The molecular weight excluding hydrogens is 443 g/mol. The number of nitrogens with zero attached hydrogens (tertiary/aromatic N) is 4. The van der Waals surface area contributed by atoms with Crippen molar-refractivity contribution in [3.63, 3.8) is 0 Å². The van der Waals surface area contributed by atoms with Gasteiger partial charge in [-0.1, -0.05) is 18.2 Å². The summed E-state index contributed by atoms with van der Waals surface area (Å²) in [5.74, 6) is -1.15. The number of halogens is 1. The molecule has 11 heteroatoms. The van der Waals surface area contributed by atoms with E-state index in [0.29, 0.717) is 17.1 Å². The zero-order valence-corrected chi connectivity index (χ0v) is 19.3. The number of benzene rings is 1. The van der Waals surface area contributed by atoms with Gasteiger partial charge < -0.3 is 20.5 Å². The van der Waals surface area contributed by atoms with Crippen LogP contribution in [0, 0.1) is 5.82 Å². The third-order valence-corrected chi connectivity index (χ3v) is 5.41. The minimum absolute atomic E-state index is 0.0520. The van der Waals surface area contributed by atoms with Crippen LogP contribution in [-0.4, -0.2) is 44.3 Å². The number of aromatic nitrogens is 4. The van der Waals surface area contributed by atoms with Crippen LogP contribution >= 0.6 is 0 Å². The van der Waals surface area contributed by atoms with E-state index in [0.717, 1.165) is 0 Å². The van der Waals surface area contributed by atoms with Crippen molar-refractivity contribution in [3.8, 4) is 17.4 Å². The predicted molar refractivity (Wildman–Crippen MR) is 122 cm³/mol. The summed E-state index contributed by atoms with van der Waals surface area (Å²) < 4.78 is 26.7. The van der Waals surface area contributed by atoms with E-state index in [-0.39, 0.29) is 48.1 Å². The summed E-state index contributed by atoms with van der Waals surface area (Å²) in [5, 5.41) is 7.09. The molecule has 1 amide bonds. The lowest BCUT2D eigenvalue weighted by Crippen LogP contribution is -2.41. The molecule has 0 saturated heterocycles. The zero-order chi connectivity index (χ0) is 24.6. The smallest absolute Gasteiger partial charge is 0.326 e. The van der Waals surface area contributed by atoms with Crippen molar-refractivity contribution < 1.29 is 23.5 Å². The normalized spacial score (nSPS) is 16.9. The molecule has 0 bridgehead atoms. The molecule has 4 rings (SSSR count). The minimum Gasteiger partial charge on any atom is -0.475 e. The Morgan fingerprint density at radius 2 is 2.03 bits per heavy atom. The minimum atomic E-state index is -1.66. The summed E-state index contributed by atoms with van der Waals surface area (Å²) in [4.78, 5) is 33.9. The molecule has 1 aromatic carbocycles. The van der Waals surface area contributed by atoms with Gasteiger partial charge in [0.1, 0.15) is 23.1 Å². The molecule has 0 fully saturated rings. The summed E-state index contributed by atoms with van der Waals surface area (Å²) in [5.41, 5.74) is 5.41. The molecule has 10 nitrogen and oxygen atoms in total. The molecule has 1 aliphatic rings. The van der Waals surface area contributed by atoms with Crippen molar-refractivity contribution >= 4 is 23.5 Å². The quantitative estimate of drug-likeness (QED) is 0.399. The second-order valence-corrected chi connectivity index (χ2v) is 8.24. The van der Waals surface area contributed by atoms with Crippen LogP contribution in [0.15, 0.2) is 30.3 Å². The standard InChI is InChI=1S/C23H25FN6O4/c1-5-33-22(32)23(4)17-18(25)26-19(27-20(17)28-21(23)31)15-10-16(34-12(2)3)30(29-15)11-13-8-6-7-9-14(13)24/h6-10,12H,5,11H2,1-4H3,(H3,25,26,27,28,31). The molecule has 2 aromatic heterocycles. The van der Waals surface area contributed by atoms with Gasteiger partial charge in [0.05, 0.1) is 24.8 Å². The molecule has 1 unspecified atom stereocenters. The van der Waals surface area contributed by atoms with E-state index in [9.17, 15) is 14.0 Å². The Labute approximate surface area is 195 Å². The largest absolute Gasteiger partial charge is 0.475 e. The van der Waals surface area contributed by atoms with Crippen molar-refractivity contribution in [2.75, 3.05) is 17.7 Å². The van der Waals surface area contributed by atoms with E-state index in [1.807, 2.05) is 13.8 Å². The van der Waals surface area contributed by atoms with E-state index in [4.69, 9.17) is 15.2 Å². The molecule has 0 radical (unpaired) electrons. The topological polar surface area (TPSA) is 134 Å². The van der Waals surface area contributed by atoms with Crippen molar-refractivity contribution in [2.24, 2.45) is 0 Å². The lowest BCUT2D eigenvalue weighted by molar-refractivity contribution is -0.152. The summed E-state index contributed by atoms with van der Waals surface area (Å²) >= 11 is 0. The number of esters is 1. The Bertz CT molecular complexity index is 1270. The monoisotopic (exact) mass is 468 g/mol. The van der Waals surface area contributed by atoms with Gasteiger partial charge in [0.25, 0.3) is 0 Å². The molecule has 3 heterocycles. The van der Waals surface area contributed by atoms with Gasteiger partial charge >= 0.3 is 5.97 Å². The van der Waals surface area contributed by atoms with Gasteiger partial charge in [-0.05, 0) is 33.8 Å². The second-order valence-electron chi connectivity index (χ2n) is 8.24. The highest BCUT2D eigenvalue weighted by atomic mass is 19.1. The van der Waals surface area contributed by atoms with Gasteiger partial charge in [-0.15, -0.1) is 0 Å². The van der Waals surface area contributed by atoms with Crippen LogP contribution in [-0.2, 0) is 26.3 Å². The molecule has 3 N–H and O–H groups in total. The number of rotatable bonds is 7. The van der Waals surface area contributed by atoms with Crippen LogP contribution < -0.4 is 15.8 Å². The van der Waals surface area contributed by atoms with Crippen LogP contribution in [0.5, 0.6) is 5.88 Å². The zero-order valence-electron chi connectivity index (χ0n) is 19.3. The average molecular weight is 468 g/mol. The maximum absolute atomic E-state index is 14.2. The Kier molecular flexibility index (Phi) is 5.94. The first-order chi connectivity index (χ1) is 16.1. The highest BCUT2D eigenvalue weighted by Crippen LogP contribution is 2.41. The number of carbonyl (C=O) groups is 2. The average Bonchev–Trinajstić information content (AvgIpc) is 3.28. The summed E-state index contributed by atoms with van der Waals surface area (Å²) in [6.07, 6.45) is -0.167. The number of nitrogen functional groups attached to an aromatic ring is 1. The van der Waals surface area contributed by atoms with Crippen LogP contribution in [0.3, 0.4) is 0 Å². The molecule has 1 atom stereocenters. The summed E-state index contributed by atoms with van der Waals surface area (Å²) in [6.45, 7) is 7.00. The predicted octanol–water partition coefficient (Wildman–Crippen LogP) is 2.67. The lowest BCUT2D eigenvalue weighted by Gasteiger charge is -2.20. The van der Waals surface area contributed by atoms with E-state index in [1.54, 1.807) is 31.2 Å². The number of ether oxygens (including phenoxy) is 2. The Hall–Kier alpha value is -4.02. The third kappa shape index (κ3) is 3.93. The van der Waals surface area contributed by atoms with Gasteiger partial charge in [-0.2, -0.15) is 5.10 Å². The number of anilines is 2. The Morgan fingerprint density at radius 1 is 1.29 bits per heavy atom. The molecule has 0 saturated carbocycles. The van der Waals surface area contributed by atoms with E-state index in [1.165, 1.54) is 17.7 Å².